The number of nitrogens with one attached hydrogen (secondary N) is 1. The van der Waals surface area contributed by atoms with Crippen molar-refractivity contribution >= 4 is 52.0 Å². The van der Waals surface area contributed by atoms with Crippen LogP contribution in [0, 0.1) is 17.2 Å². The molecule has 1 aliphatic heterocycles. The van der Waals surface area contributed by atoms with Gasteiger partial charge in [-0.15, -0.1) is 0 Å². The Morgan fingerprint density at radius 1 is 1.31 bits per heavy atom. The number of carbonyl (C=O) groups excluding carboxylic acids is 2. The van der Waals surface area contributed by atoms with Crippen molar-refractivity contribution in [3.63, 3.8) is 0 Å². The van der Waals surface area contributed by atoms with E-state index < -0.39 is 12.0 Å². The van der Waals surface area contributed by atoms with Crippen LogP contribution in [0.1, 0.15) is 30.1 Å². The molecule has 0 spiro atoms. The van der Waals surface area contributed by atoms with Crippen LogP contribution in [0.3, 0.4) is 0 Å². The average molecular weight is 510 g/mol. The number of aromatic nitrogens is 3. The molecule has 12 heteroatoms. The Bertz CT molecular complexity index is 1380. The Morgan fingerprint density at radius 3 is 2.78 bits per heavy atom. The molecule has 0 saturated carbocycles. The maximum absolute atomic E-state index is 13.0. The number of hydrogen-bond acceptors (Lipinski definition) is 7. The minimum absolute atomic E-state index is 0.00722. The predicted octanol–water partition coefficient (Wildman–Crippen LogP) is 3.45. The fourth-order valence-corrected chi connectivity index (χ4v) is 4.71. The van der Waals surface area contributed by atoms with Crippen molar-refractivity contribution in [2.75, 3.05) is 30.4 Å². The summed E-state index contributed by atoms with van der Waals surface area (Å²) in [6.45, 7) is 3.20. The number of carboxylic acid groups (broad SMARTS) is 1. The summed E-state index contributed by atoms with van der Waals surface area (Å²) >= 11 is 6.01. The van der Waals surface area contributed by atoms with Gasteiger partial charge in [0.15, 0.2) is 5.65 Å². The van der Waals surface area contributed by atoms with Crippen molar-refractivity contribution in [2.24, 2.45) is 5.92 Å². The largest absolute Gasteiger partial charge is 0.478 e. The van der Waals surface area contributed by atoms with Crippen molar-refractivity contribution in [1.82, 2.24) is 19.4 Å². The van der Waals surface area contributed by atoms with Gasteiger partial charge in [0, 0.05) is 32.0 Å². The van der Waals surface area contributed by atoms with Crippen LogP contribution in [0.25, 0.3) is 11.0 Å². The first-order chi connectivity index (χ1) is 17.2. The molecule has 1 aromatic carbocycles. The Hall–Kier alpha value is -4.17. The predicted molar refractivity (Wildman–Crippen MR) is 133 cm³/mol. The minimum Gasteiger partial charge on any atom is -0.478 e. The van der Waals surface area contributed by atoms with Gasteiger partial charge in [0.2, 0.25) is 5.91 Å². The first kappa shape index (κ1) is 24.9. The molecule has 0 aliphatic carbocycles. The van der Waals surface area contributed by atoms with Gasteiger partial charge < -0.3 is 20.2 Å². The molecular formula is C24H24ClN7O4. The number of nitriles is 1. The van der Waals surface area contributed by atoms with Gasteiger partial charge in [-0.25, -0.2) is 19.6 Å². The van der Waals surface area contributed by atoms with Gasteiger partial charge in [0.1, 0.15) is 18.6 Å². The lowest BCUT2D eigenvalue weighted by Gasteiger charge is -2.42. The molecule has 4 rings (SSSR count). The number of halogens is 1. The quantitative estimate of drug-likeness (QED) is 0.532. The highest BCUT2D eigenvalue weighted by Gasteiger charge is 2.33. The average Bonchev–Trinajstić information content (AvgIpc) is 3.28. The Labute approximate surface area is 211 Å². The number of piperidine rings is 1. The molecule has 0 unspecified atom stereocenters. The van der Waals surface area contributed by atoms with Crippen LogP contribution in [0.4, 0.5) is 16.3 Å². The molecule has 1 fully saturated rings. The standard InChI is InChI=1S/C24H24ClN7O4/c1-14-6-9-31(20(33)5-8-26)12-19(14)30(2)21-17-7-10-32(22(17)28-13-27-21)24(36)29-15-3-4-16(23(34)35)18(25)11-15/h3-4,7,10-11,13-14,19H,5-6,9,12H2,1-2H3,(H,29,36)(H,34,35)/t14-,19+/m1/s1. The van der Waals surface area contributed by atoms with E-state index in [1.165, 1.54) is 29.1 Å². The number of likely N-dealkylation sites (N-methyl/N-ethyl adjacent to an activating group) is 1. The number of nitrogens with zero attached hydrogens (tertiary/aromatic N) is 6. The van der Waals surface area contributed by atoms with Crippen LogP contribution >= 0.6 is 11.6 Å². The minimum atomic E-state index is -1.16. The first-order valence-corrected chi connectivity index (χ1v) is 11.6. The van der Waals surface area contributed by atoms with Crippen molar-refractivity contribution in [1.29, 1.82) is 5.26 Å². The second-order valence-electron chi connectivity index (χ2n) is 8.67. The Kier molecular flexibility index (Phi) is 7.07. The number of carbonyl (C=O) groups is 3. The Morgan fingerprint density at radius 2 is 2.08 bits per heavy atom. The summed E-state index contributed by atoms with van der Waals surface area (Å²) in [5.41, 5.74) is 0.659. The van der Waals surface area contributed by atoms with E-state index in [0.717, 1.165) is 6.42 Å². The zero-order valence-corrected chi connectivity index (χ0v) is 20.4. The van der Waals surface area contributed by atoms with E-state index in [2.05, 4.69) is 22.2 Å². The second kappa shape index (κ2) is 10.2. The molecule has 1 aliphatic rings. The molecule has 186 valence electrons. The number of likely N-dealkylation sites (tertiary alicyclic amines) is 1. The van der Waals surface area contributed by atoms with E-state index >= 15 is 0 Å². The van der Waals surface area contributed by atoms with Crippen molar-refractivity contribution in [3.8, 4) is 6.07 Å². The van der Waals surface area contributed by atoms with E-state index in [-0.39, 0.29) is 34.9 Å². The van der Waals surface area contributed by atoms with E-state index in [0.29, 0.717) is 35.6 Å². The smallest absolute Gasteiger partial charge is 0.337 e. The van der Waals surface area contributed by atoms with Gasteiger partial charge >= 0.3 is 12.0 Å². The maximum atomic E-state index is 13.0. The fraction of sp³-hybridized carbons (Fsp3) is 0.333. The molecule has 2 N–H and O–H groups in total. The number of amides is 2. The second-order valence-corrected chi connectivity index (χ2v) is 9.08. The summed E-state index contributed by atoms with van der Waals surface area (Å²) in [7, 11) is 1.89. The molecule has 36 heavy (non-hydrogen) atoms. The summed E-state index contributed by atoms with van der Waals surface area (Å²) in [4.78, 5) is 48.9. The number of rotatable bonds is 5. The third-order valence-corrected chi connectivity index (χ3v) is 6.78. The number of carboxylic acids is 1. The zero-order chi connectivity index (χ0) is 26.0. The number of benzene rings is 1. The highest BCUT2D eigenvalue weighted by Crippen LogP contribution is 2.30. The van der Waals surface area contributed by atoms with Crippen molar-refractivity contribution in [2.45, 2.75) is 25.8 Å². The summed E-state index contributed by atoms with van der Waals surface area (Å²) in [5.74, 6) is -0.454. The highest BCUT2D eigenvalue weighted by atomic mass is 35.5. The van der Waals surface area contributed by atoms with Gasteiger partial charge in [-0.3, -0.25) is 9.36 Å². The number of anilines is 2. The van der Waals surface area contributed by atoms with E-state index in [9.17, 15) is 14.4 Å². The molecule has 3 aromatic rings. The van der Waals surface area contributed by atoms with E-state index in [1.807, 2.05) is 18.0 Å². The molecule has 0 radical (unpaired) electrons. The lowest BCUT2D eigenvalue weighted by molar-refractivity contribution is -0.131. The highest BCUT2D eigenvalue weighted by molar-refractivity contribution is 6.33. The van der Waals surface area contributed by atoms with Gasteiger partial charge in [-0.2, -0.15) is 5.26 Å². The third-order valence-electron chi connectivity index (χ3n) is 6.46. The molecule has 2 aromatic heterocycles. The van der Waals surface area contributed by atoms with E-state index in [4.69, 9.17) is 22.0 Å². The van der Waals surface area contributed by atoms with Crippen LogP contribution < -0.4 is 10.2 Å². The Balaban J connectivity index is 1.58. The fourth-order valence-electron chi connectivity index (χ4n) is 4.45. The van der Waals surface area contributed by atoms with Gasteiger partial charge in [-0.05, 0) is 36.6 Å². The molecule has 3 heterocycles. The van der Waals surface area contributed by atoms with Crippen LogP contribution in [-0.2, 0) is 4.79 Å². The molecule has 2 amide bonds. The summed E-state index contributed by atoms with van der Waals surface area (Å²) < 4.78 is 1.33. The van der Waals surface area contributed by atoms with E-state index in [1.54, 1.807) is 17.2 Å². The summed E-state index contributed by atoms with van der Waals surface area (Å²) in [6, 6.07) is 7.26. The molecule has 1 saturated heterocycles. The lowest BCUT2D eigenvalue weighted by atomic mass is 9.92. The van der Waals surface area contributed by atoms with Crippen LogP contribution in [0.15, 0.2) is 36.8 Å². The van der Waals surface area contributed by atoms with Crippen LogP contribution in [-0.4, -0.2) is 68.6 Å². The third kappa shape index (κ3) is 4.81. The summed E-state index contributed by atoms with van der Waals surface area (Å²) in [5, 5.41) is 21.4. The molecular weight excluding hydrogens is 486 g/mol. The normalized spacial score (nSPS) is 17.4. The van der Waals surface area contributed by atoms with Gasteiger partial charge in [-0.1, -0.05) is 18.5 Å². The van der Waals surface area contributed by atoms with Gasteiger partial charge in [0.25, 0.3) is 0 Å². The number of fused-ring (bicyclic) bond motifs is 1. The molecule has 11 nitrogen and oxygen atoms in total. The lowest BCUT2D eigenvalue weighted by Crippen LogP contribution is -2.52. The van der Waals surface area contributed by atoms with Gasteiger partial charge in [0.05, 0.1) is 28.1 Å². The summed E-state index contributed by atoms with van der Waals surface area (Å²) in [6.07, 6.45) is 3.60. The number of aromatic carboxylic acids is 1. The monoisotopic (exact) mass is 509 g/mol. The zero-order valence-electron chi connectivity index (χ0n) is 19.7. The topological polar surface area (TPSA) is 144 Å². The molecule has 2 atom stereocenters. The maximum Gasteiger partial charge on any atom is 0.337 e. The van der Waals surface area contributed by atoms with Crippen LogP contribution in [0.5, 0.6) is 0 Å². The molecule has 0 bridgehead atoms. The number of hydrogen-bond donors (Lipinski definition) is 2. The SMILES string of the molecule is C[C@@H]1CCN(C(=O)CC#N)C[C@@H]1N(C)c1ncnc2c1ccn2C(=O)Nc1ccc(C(=O)O)c(Cl)c1. The first-order valence-electron chi connectivity index (χ1n) is 11.2. The van der Waals surface area contributed by atoms with Crippen LogP contribution in [0.2, 0.25) is 5.02 Å². The van der Waals surface area contributed by atoms with Crippen molar-refractivity contribution in [3.05, 3.63) is 47.4 Å². The van der Waals surface area contributed by atoms with Crippen molar-refractivity contribution < 1.29 is 19.5 Å².